The highest BCUT2D eigenvalue weighted by atomic mass is 32.2. The van der Waals surface area contributed by atoms with Crippen LogP contribution in [0.2, 0.25) is 0 Å². The van der Waals surface area contributed by atoms with Gasteiger partial charge >= 0.3 is 0 Å². The number of thiazole rings is 1. The first-order chi connectivity index (χ1) is 12.1. The fourth-order valence-electron chi connectivity index (χ4n) is 2.66. The average Bonchev–Trinajstić information content (AvgIpc) is 3.28. The summed E-state index contributed by atoms with van der Waals surface area (Å²) in [6.45, 7) is 0. The molecule has 7 heteroatoms. The van der Waals surface area contributed by atoms with E-state index >= 15 is 0 Å². The van der Waals surface area contributed by atoms with Gasteiger partial charge in [-0.2, -0.15) is 0 Å². The molecule has 2 aromatic carbocycles. The second kappa shape index (κ2) is 5.94. The van der Waals surface area contributed by atoms with Gasteiger partial charge in [-0.3, -0.25) is 4.79 Å². The highest BCUT2D eigenvalue weighted by Gasteiger charge is 2.22. The molecule has 0 saturated heterocycles. The Labute approximate surface area is 148 Å². The fraction of sp³-hybridized carbons (Fsp3) is 0. The Morgan fingerprint density at radius 3 is 2.60 bits per heavy atom. The summed E-state index contributed by atoms with van der Waals surface area (Å²) in [5.41, 5.74) is 3.91. The fourth-order valence-corrected chi connectivity index (χ4v) is 4.86. The van der Waals surface area contributed by atoms with Gasteiger partial charge in [0, 0.05) is 11.8 Å². The highest BCUT2D eigenvalue weighted by Crippen LogP contribution is 2.28. The zero-order valence-electron chi connectivity index (χ0n) is 12.9. The van der Waals surface area contributed by atoms with Crippen LogP contribution in [-0.4, -0.2) is 23.7 Å². The third-order valence-corrected chi connectivity index (χ3v) is 6.33. The molecule has 0 bridgehead atoms. The van der Waals surface area contributed by atoms with Crippen molar-refractivity contribution in [2.24, 2.45) is 0 Å². The number of hydrogen-bond donors (Lipinski definition) is 0. The standard InChI is InChI=1S/C18H12N2O3S2/c21-11-13-8-17(14-4-2-1-3-5-14)20(10-13)25(22,23)15-6-7-16-18(9-15)24-12-19-16/h1-12H. The van der Waals surface area contributed by atoms with Crippen LogP contribution in [0.5, 0.6) is 0 Å². The molecule has 0 fully saturated rings. The summed E-state index contributed by atoms with van der Waals surface area (Å²) in [4.78, 5) is 15.5. The lowest BCUT2D eigenvalue weighted by atomic mass is 10.1. The zero-order valence-corrected chi connectivity index (χ0v) is 14.5. The molecule has 0 aliphatic rings. The second-order valence-electron chi connectivity index (χ2n) is 5.43. The van der Waals surface area contributed by atoms with Crippen molar-refractivity contribution in [2.45, 2.75) is 4.90 Å². The van der Waals surface area contributed by atoms with Crippen molar-refractivity contribution in [3.05, 3.63) is 71.9 Å². The van der Waals surface area contributed by atoms with Gasteiger partial charge in [0.1, 0.15) is 0 Å². The van der Waals surface area contributed by atoms with Crippen LogP contribution in [0.15, 0.2) is 71.2 Å². The Balaban J connectivity index is 1.93. The zero-order chi connectivity index (χ0) is 17.4. The second-order valence-corrected chi connectivity index (χ2v) is 8.13. The number of carbonyl (C=O) groups excluding carboxylic acids is 1. The Kier molecular flexibility index (Phi) is 3.74. The van der Waals surface area contributed by atoms with Crippen LogP contribution in [0.25, 0.3) is 21.5 Å². The molecule has 0 radical (unpaired) electrons. The third kappa shape index (κ3) is 2.67. The molecule has 0 N–H and O–H groups in total. The van der Waals surface area contributed by atoms with E-state index in [1.807, 2.05) is 30.3 Å². The van der Waals surface area contributed by atoms with Gasteiger partial charge in [-0.05, 0) is 29.8 Å². The van der Waals surface area contributed by atoms with E-state index in [0.29, 0.717) is 17.5 Å². The Morgan fingerprint density at radius 1 is 1.04 bits per heavy atom. The van der Waals surface area contributed by atoms with E-state index in [2.05, 4.69) is 4.98 Å². The Bertz CT molecular complexity index is 1180. The minimum Gasteiger partial charge on any atom is -0.298 e. The smallest absolute Gasteiger partial charge is 0.268 e. The van der Waals surface area contributed by atoms with Crippen molar-refractivity contribution >= 4 is 37.9 Å². The van der Waals surface area contributed by atoms with E-state index in [4.69, 9.17) is 0 Å². The van der Waals surface area contributed by atoms with Crippen LogP contribution in [0.4, 0.5) is 0 Å². The molecule has 0 atom stereocenters. The van der Waals surface area contributed by atoms with Gasteiger partial charge < -0.3 is 0 Å². The number of hydrogen-bond acceptors (Lipinski definition) is 5. The summed E-state index contributed by atoms with van der Waals surface area (Å²) < 4.78 is 28.3. The minimum atomic E-state index is -3.84. The molecule has 0 amide bonds. The van der Waals surface area contributed by atoms with Crippen molar-refractivity contribution in [1.29, 1.82) is 0 Å². The molecule has 0 aliphatic heterocycles. The predicted octanol–water partition coefficient (Wildman–Crippen LogP) is 3.81. The molecule has 0 unspecified atom stereocenters. The van der Waals surface area contributed by atoms with E-state index in [0.717, 1.165) is 19.8 Å². The van der Waals surface area contributed by atoms with Gasteiger partial charge in [-0.1, -0.05) is 30.3 Å². The molecule has 4 rings (SSSR count). The maximum atomic E-state index is 13.2. The molecular weight excluding hydrogens is 356 g/mol. The highest BCUT2D eigenvalue weighted by molar-refractivity contribution is 7.90. The normalized spacial score (nSPS) is 11.7. The molecule has 5 nitrogen and oxygen atoms in total. The summed E-state index contributed by atoms with van der Waals surface area (Å²) in [7, 11) is -3.84. The van der Waals surface area contributed by atoms with E-state index in [1.165, 1.54) is 23.6 Å². The molecule has 2 aromatic heterocycles. The number of aromatic nitrogens is 2. The van der Waals surface area contributed by atoms with Gasteiger partial charge in [0.25, 0.3) is 10.0 Å². The average molecular weight is 368 g/mol. The van der Waals surface area contributed by atoms with Crippen molar-refractivity contribution in [3.8, 4) is 11.3 Å². The van der Waals surface area contributed by atoms with Crippen molar-refractivity contribution in [2.75, 3.05) is 0 Å². The minimum absolute atomic E-state index is 0.162. The molecular formula is C18H12N2O3S2. The predicted molar refractivity (Wildman–Crippen MR) is 97.5 cm³/mol. The number of rotatable bonds is 4. The first-order valence-electron chi connectivity index (χ1n) is 7.41. The van der Waals surface area contributed by atoms with Gasteiger partial charge in [0.05, 0.1) is 26.3 Å². The number of benzene rings is 2. The van der Waals surface area contributed by atoms with Crippen LogP contribution in [0, 0.1) is 0 Å². The Hall–Kier alpha value is -2.77. The molecule has 25 heavy (non-hydrogen) atoms. The van der Waals surface area contributed by atoms with Crippen molar-refractivity contribution in [1.82, 2.24) is 8.96 Å². The molecule has 2 heterocycles. The lowest BCUT2D eigenvalue weighted by Crippen LogP contribution is -2.13. The van der Waals surface area contributed by atoms with Gasteiger partial charge in [0.2, 0.25) is 0 Å². The topological polar surface area (TPSA) is 69.0 Å². The third-order valence-electron chi connectivity index (χ3n) is 3.87. The van der Waals surface area contributed by atoms with E-state index in [1.54, 1.807) is 23.7 Å². The number of nitrogens with zero attached hydrogens (tertiary/aromatic N) is 2. The largest absolute Gasteiger partial charge is 0.298 e. The molecule has 4 aromatic rings. The van der Waals surface area contributed by atoms with Crippen molar-refractivity contribution < 1.29 is 13.2 Å². The summed E-state index contributed by atoms with van der Waals surface area (Å²) >= 11 is 1.38. The SMILES string of the molecule is O=Cc1cc(-c2ccccc2)n(S(=O)(=O)c2ccc3ncsc3c2)c1. The first kappa shape index (κ1) is 15.7. The number of fused-ring (bicyclic) bond motifs is 1. The maximum absolute atomic E-state index is 13.2. The molecule has 0 saturated carbocycles. The van der Waals surface area contributed by atoms with Crippen LogP contribution < -0.4 is 0 Å². The van der Waals surface area contributed by atoms with Crippen LogP contribution >= 0.6 is 11.3 Å². The molecule has 0 spiro atoms. The lowest BCUT2D eigenvalue weighted by Gasteiger charge is -2.10. The first-order valence-corrected chi connectivity index (χ1v) is 9.73. The van der Waals surface area contributed by atoms with Crippen LogP contribution in [0.3, 0.4) is 0 Å². The monoisotopic (exact) mass is 368 g/mol. The van der Waals surface area contributed by atoms with E-state index in [-0.39, 0.29) is 4.90 Å². The van der Waals surface area contributed by atoms with Gasteiger partial charge in [-0.25, -0.2) is 17.4 Å². The summed E-state index contributed by atoms with van der Waals surface area (Å²) in [6, 6.07) is 15.5. The quantitative estimate of drug-likeness (QED) is 0.514. The number of carbonyl (C=O) groups is 1. The summed E-state index contributed by atoms with van der Waals surface area (Å²) in [5.74, 6) is 0. The maximum Gasteiger partial charge on any atom is 0.268 e. The lowest BCUT2D eigenvalue weighted by molar-refractivity contribution is 0.112. The van der Waals surface area contributed by atoms with Gasteiger partial charge in [0.15, 0.2) is 6.29 Å². The van der Waals surface area contributed by atoms with E-state index in [9.17, 15) is 13.2 Å². The van der Waals surface area contributed by atoms with Crippen molar-refractivity contribution in [3.63, 3.8) is 0 Å². The van der Waals surface area contributed by atoms with Crippen LogP contribution in [-0.2, 0) is 10.0 Å². The molecule has 124 valence electrons. The summed E-state index contributed by atoms with van der Waals surface area (Å²) in [6.07, 6.45) is 1.99. The van der Waals surface area contributed by atoms with E-state index < -0.39 is 10.0 Å². The molecule has 0 aliphatic carbocycles. The van der Waals surface area contributed by atoms with Gasteiger partial charge in [-0.15, -0.1) is 11.3 Å². The number of aldehydes is 1. The summed E-state index contributed by atoms with van der Waals surface area (Å²) in [5, 5.41) is 0. The van der Waals surface area contributed by atoms with Crippen LogP contribution in [0.1, 0.15) is 10.4 Å². The Morgan fingerprint density at radius 2 is 1.84 bits per heavy atom.